The first-order valence-electron chi connectivity index (χ1n) is 5.75. The van der Waals surface area contributed by atoms with Crippen LogP contribution in [0.3, 0.4) is 0 Å². The van der Waals surface area contributed by atoms with Crippen LogP contribution in [-0.4, -0.2) is 22.5 Å². The second kappa shape index (κ2) is 5.17. The van der Waals surface area contributed by atoms with Gasteiger partial charge in [0.25, 0.3) is 5.91 Å². The van der Waals surface area contributed by atoms with E-state index in [0.29, 0.717) is 18.0 Å². The number of amides is 1. The van der Waals surface area contributed by atoms with Crippen LogP contribution in [0.1, 0.15) is 38.1 Å². The summed E-state index contributed by atoms with van der Waals surface area (Å²) < 4.78 is 0. The Kier molecular flexibility index (Phi) is 4.10. The number of nitrogens with zero attached hydrogens (tertiary/aromatic N) is 1. The van der Waals surface area contributed by atoms with Gasteiger partial charge in [-0.15, -0.1) is 0 Å². The zero-order valence-electron chi connectivity index (χ0n) is 10.8. The maximum absolute atomic E-state index is 11.8. The molecule has 2 N–H and O–H groups in total. The van der Waals surface area contributed by atoms with Crippen molar-refractivity contribution in [2.45, 2.75) is 27.7 Å². The number of hydrogen-bond acceptors (Lipinski definition) is 3. The van der Waals surface area contributed by atoms with Crippen LogP contribution in [0.25, 0.3) is 0 Å². The maximum atomic E-state index is 11.8. The Morgan fingerprint density at radius 3 is 2.65 bits per heavy atom. The lowest BCUT2D eigenvalue weighted by Gasteiger charge is -2.29. The van der Waals surface area contributed by atoms with Gasteiger partial charge in [0.1, 0.15) is 5.75 Å². The van der Waals surface area contributed by atoms with E-state index in [1.807, 2.05) is 0 Å². The standard InChI is InChI=1S/C13H20N2O2/c1-9(2)13(3,4)8-15-12(17)10-5-11(16)7-14-6-10/h5-7,9,16H,8H2,1-4H3,(H,15,17). The molecule has 0 unspecified atom stereocenters. The summed E-state index contributed by atoms with van der Waals surface area (Å²) in [6, 6.07) is 1.41. The predicted octanol–water partition coefficient (Wildman–Crippen LogP) is 2.20. The van der Waals surface area contributed by atoms with Gasteiger partial charge >= 0.3 is 0 Å². The van der Waals surface area contributed by atoms with E-state index < -0.39 is 0 Å². The summed E-state index contributed by atoms with van der Waals surface area (Å²) in [4.78, 5) is 15.6. The number of carbonyl (C=O) groups excluding carboxylic acids is 1. The lowest BCUT2D eigenvalue weighted by molar-refractivity contribution is 0.0924. The second-order valence-electron chi connectivity index (χ2n) is 5.26. The fourth-order valence-electron chi connectivity index (χ4n) is 1.17. The molecular formula is C13H20N2O2. The van der Waals surface area contributed by atoms with Gasteiger partial charge in [0.2, 0.25) is 0 Å². The molecule has 0 fully saturated rings. The number of carbonyl (C=O) groups is 1. The zero-order valence-corrected chi connectivity index (χ0v) is 10.8. The van der Waals surface area contributed by atoms with Gasteiger partial charge in [-0.1, -0.05) is 27.7 Å². The number of nitrogens with one attached hydrogen (secondary N) is 1. The molecule has 0 aliphatic rings. The van der Waals surface area contributed by atoms with Crippen LogP contribution in [0.4, 0.5) is 0 Å². The molecular weight excluding hydrogens is 216 g/mol. The first-order valence-corrected chi connectivity index (χ1v) is 5.75. The van der Waals surface area contributed by atoms with E-state index in [-0.39, 0.29) is 17.1 Å². The molecule has 1 aromatic rings. The van der Waals surface area contributed by atoms with E-state index in [9.17, 15) is 9.90 Å². The van der Waals surface area contributed by atoms with Gasteiger partial charge in [-0.05, 0) is 17.4 Å². The van der Waals surface area contributed by atoms with Gasteiger partial charge < -0.3 is 10.4 Å². The minimum Gasteiger partial charge on any atom is -0.506 e. The summed E-state index contributed by atoms with van der Waals surface area (Å²) in [6.45, 7) is 9.07. The Bertz CT molecular complexity index is 400. The number of aromatic nitrogens is 1. The molecule has 17 heavy (non-hydrogen) atoms. The molecule has 0 aliphatic heterocycles. The summed E-state index contributed by atoms with van der Waals surface area (Å²) >= 11 is 0. The predicted molar refractivity (Wildman–Crippen MR) is 66.9 cm³/mol. The van der Waals surface area contributed by atoms with Gasteiger partial charge in [0.15, 0.2) is 0 Å². The number of pyridine rings is 1. The van der Waals surface area contributed by atoms with Crippen molar-refractivity contribution >= 4 is 5.91 Å². The fourth-order valence-corrected chi connectivity index (χ4v) is 1.17. The third-order valence-corrected chi connectivity index (χ3v) is 3.25. The highest BCUT2D eigenvalue weighted by atomic mass is 16.3. The fraction of sp³-hybridized carbons (Fsp3) is 0.538. The quantitative estimate of drug-likeness (QED) is 0.842. The van der Waals surface area contributed by atoms with Crippen LogP contribution in [0.5, 0.6) is 5.75 Å². The van der Waals surface area contributed by atoms with Crippen molar-refractivity contribution in [3.63, 3.8) is 0 Å². The van der Waals surface area contributed by atoms with E-state index in [4.69, 9.17) is 0 Å². The molecule has 0 aromatic carbocycles. The summed E-state index contributed by atoms with van der Waals surface area (Å²) in [5.74, 6) is 0.271. The average molecular weight is 236 g/mol. The minimum absolute atomic E-state index is 0.000713. The Labute approximate surface area is 102 Å². The molecule has 4 nitrogen and oxygen atoms in total. The van der Waals surface area contributed by atoms with E-state index in [1.54, 1.807) is 0 Å². The molecule has 94 valence electrons. The summed E-state index contributed by atoms with van der Waals surface area (Å²) in [5, 5.41) is 12.1. The van der Waals surface area contributed by atoms with E-state index >= 15 is 0 Å². The van der Waals surface area contributed by atoms with Crippen molar-refractivity contribution in [2.24, 2.45) is 11.3 Å². The van der Waals surface area contributed by atoms with E-state index in [1.165, 1.54) is 18.5 Å². The maximum Gasteiger partial charge on any atom is 0.253 e. The third kappa shape index (κ3) is 3.73. The number of hydrogen-bond donors (Lipinski definition) is 2. The molecule has 0 atom stereocenters. The van der Waals surface area contributed by atoms with Crippen molar-refractivity contribution in [1.29, 1.82) is 0 Å². The van der Waals surface area contributed by atoms with Crippen LogP contribution >= 0.6 is 0 Å². The average Bonchev–Trinajstić information content (AvgIpc) is 2.25. The van der Waals surface area contributed by atoms with Crippen molar-refractivity contribution in [1.82, 2.24) is 10.3 Å². The van der Waals surface area contributed by atoms with Crippen LogP contribution in [0.15, 0.2) is 18.5 Å². The topological polar surface area (TPSA) is 62.2 Å². The Hall–Kier alpha value is -1.58. The van der Waals surface area contributed by atoms with Crippen LogP contribution in [-0.2, 0) is 0 Å². The van der Waals surface area contributed by atoms with Crippen molar-refractivity contribution < 1.29 is 9.90 Å². The van der Waals surface area contributed by atoms with Gasteiger partial charge in [-0.2, -0.15) is 0 Å². The molecule has 0 bridgehead atoms. The zero-order chi connectivity index (χ0) is 13.1. The molecule has 0 radical (unpaired) electrons. The smallest absolute Gasteiger partial charge is 0.253 e. The lowest BCUT2D eigenvalue weighted by Crippen LogP contribution is -2.36. The largest absolute Gasteiger partial charge is 0.506 e. The van der Waals surface area contributed by atoms with Gasteiger partial charge in [-0.25, -0.2) is 0 Å². The van der Waals surface area contributed by atoms with E-state index in [2.05, 4.69) is 38.0 Å². The summed E-state index contributed by atoms with van der Waals surface area (Å²) in [5.41, 5.74) is 0.421. The first kappa shape index (κ1) is 13.5. The molecule has 1 amide bonds. The number of rotatable bonds is 4. The SMILES string of the molecule is CC(C)C(C)(C)CNC(=O)c1cncc(O)c1. The molecule has 1 rings (SSSR count). The molecule has 0 aliphatic carbocycles. The van der Waals surface area contributed by atoms with Crippen LogP contribution < -0.4 is 5.32 Å². The van der Waals surface area contributed by atoms with Gasteiger partial charge in [-0.3, -0.25) is 9.78 Å². The first-order chi connectivity index (χ1) is 7.83. The molecule has 0 saturated heterocycles. The normalized spacial score (nSPS) is 11.6. The summed E-state index contributed by atoms with van der Waals surface area (Å²) in [6.07, 6.45) is 2.74. The van der Waals surface area contributed by atoms with Gasteiger partial charge in [0, 0.05) is 12.7 Å². The Morgan fingerprint density at radius 1 is 1.47 bits per heavy atom. The molecule has 4 heteroatoms. The highest BCUT2D eigenvalue weighted by Crippen LogP contribution is 2.24. The van der Waals surface area contributed by atoms with Gasteiger partial charge in [0.05, 0.1) is 11.8 Å². The Balaban J connectivity index is 2.62. The van der Waals surface area contributed by atoms with Crippen LogP contribution in [0.2, 0.25) is 0 Å². The van der Waals surface area contributed by atoms with Crippen molar-refractivity contribution in [3.05, 3.63) is 24.0 Å². The minimum atomic E-state index is -0.206. The second-order valence-corrected chi connectivity index (χ2v) is 5.26. The summed E-state index contributed by atoms with van der Waals surface area (Å²) in [7, 11) is 0. The van der Waals surface area contributed by atoms with E-state index in [0.717, 1.165) is 0 Å². The highest BCUT2D eigenvalue weighted by Gasteiger charge is 2.23. The molecule has 1 aromatic heterocycles. The van der Waals surface area contributed by atoms with Crippen molar-refractivity contribution in [2.75, 3.05) is 6.54 Å². The molecule has 0 spiro atoms. The molecule has 1 heterocycles. The monoisotopic (exact) mass is 236 g/mol. The Morgan fingerprint density at radius 2 is 2.12 bits per heavy atom. The lowest BCUT2D eigenvalue weighted by atomic mass is 9.81. The van der Waals surface area contributed by atoms with Crippen LogP contribution in [0, 0.1) is 11.3 Å². The highest BCUT2D eigenvalue weighted by molar-refractivity contribution is 5.94. The number of aromatic hydroxyl groups is 1. The third-order valence-electron chi connectivity index (χ3n) is 3.25. The van der Waals surface area contributed by atoms with Crippen molar-refractivity contribution in [3.8, 4) is 5.75 Å². The molecule has 0 saturated carbocycles.